The van der Waals surface area contributed by atoms with Gasteiger partial charge in [-0.1, -0.05) is 26.7 Å². The minimum Gasteiger partial charge on any atom is -0.383 e. The first-order valence-corrected chi connectivity index (χ1v) is 6.46. The Hall–Kier alpha value is -0.120. The third-order valence-electron chi connectivity index (χ3n) is 3.58. The molecule has 0 bridgehead atoms. The van der Waals surface area contributed by atoms with Gasteiger partial charge in [0, 0.05) is 26.3 Å². The molecule has 0 aliphatic heterocycles. The van der Waals surface area contributed by atoms with E-state index in [2.05, 4.69) is 19.2 Å². The van der Waals surface area contributed by atoms with Gasteiger partial charge < -0.3 is 14.8 Å². The van der Waals surface area contributed by atoms with Crippen molar-refractivity contribution >= 4 is 0 Å². The monoisotopic (exact) mass is 229 g/mol. The molecule has 0 saturated heterocycles. The fourth-order valence-corrected chi connectivity index (χ4v) is 2.46. The van der Waals surface area contributed by atoms with Crippen molar-refractivity contribution in [2.24, 2.45) is 5.92 Å². The molecule has 0 amide bonds. The third-order valence-corrected chi connectivity index (χ3v) is 3.58. The summed E-state index contributed by atoms with van der Waals surface area (Å²) in [5, 5.41) is 3.71. The topological polar surface area (TPSA) is 30.5 Å². The first kappa shape index (κ1) is 13.9. The molecular formula is C13H27NO2. The Labute approximate surface area is 99.9 Å². The molecule has 1 saturated carbocycles. The van der Waals surface area contributed by atoms with Gasteiger partial charge in [0.1, 0.15) is 0 Å². The van der Waals surface area contributed by atoms with Crippen LogP contribution in [0.4, 0.5) is 0 Å². The molecule has 3 nitrogen and oxygen atoms in total. The van der Waals surface area contributed by atoms with Crippen molar-refractivity contribution < 1.29 is 9.47 Å². The quantitative estimate of drug-likeness (QED) is 0.757. The summed E-state index contributed by atoms with van der Waals surface area (Å²) in [5.41, 5.74) is 0. The molecule has 0 aromatic carbocycles. The van der Waals surface area contributed by atoms with Gasteiger partial charge in [-0.05, 0) is 18.8 Å². The molecule has 3 unspecified atom stereocenters. The average molecular weight is 229 g/mol. The van der Waals surface area contributed by atoms with Crippen LogP contribution in [0.3, 0.4) is 0 Å². The molecule has 0 radical (unpaired) electrons. The van der Waals surface area contributed by atoms with E-state index in [1.807, 2.05) is 7.11 Å². The van der Waals surface area contributed by atoms with Gasteiger partial charge in [-0.15, -0.1) is 0 Å². The minimum absolute atomic E-state index is 0.381. The Kier molecular flexibility index (Phi) is 6.32. The van der Waals surface area contributed by atoms with Gasteiger partial charge in [0.2, 0.25) is 0 Å². The zero-order valence-electron chi connectivity index (χ0n) is 11.2. The van der Waals surface area contributed by atoms with Gasteiger partial charge in [-0.2, -0.15) is 0 Å². The zero-order valence-corrected chi connectivity index (χ0v) is 11.2. The number of rotatable bonds is 6. The van der Waals surface area contributed by atoms with Gasteiger partial charge >= 0.3 is 0 Å². The Morgan fingerprint density at radius 2 is 1.88 bits per heavy atom. The van der Waals surface area contributed by atoms with Crippen LogP contribution in [-0.2, 0) is 9.47 Å². The summed E-state index contributed by atoms with van der Waals surface area (Å²) in [4.78, 5) is 0. The maximum absolute atomic E-state index is 5.56. The predicted octanol–water partition coefficient (Wildman–Crippen LogP) is 2.20. The molecule has 0 spiro atoms. The van der Waals surface area contributed by atoms with Crippen molar-refractivity contribution in [3.8, 4) is 0 Å². The Morgan fingerprint density at radius 1 is 1.19 bits per heavy atom. The molecule has 1 N–H and O–H groups in total. The van der Waals surface area contributed by atoms with E-state index in [9.17, 15) is 0 Å². The summed E-state index contributed by atoms with van der Waals surface area (Å²) in [7, 11) is 3.59. The lowest BCUT2D eigenvalue weighted by molar-refractivity contribution is 0.0283. The van der Waals surface area contributed by atoms with E-state index < -0.39 is 0 Å². The fraction of sp³-hybridized carbons (Fsp3) is 1.00. The Morgan fingerprint density at radius 3 is 2.44 bits per heavy atom. The van der Waals surface area contributed by atoms with Crippen LogP contribution in [0.5, 0.6) is 0 Å². The first-order chi connectivity index (χ1) is 7.69. The standard InChI is InChI=1S/C13H27NO2/c1-10(2)12(9-15-3)14-11-7-5-6-8-13(11)16-4/h10-14H,5-9H2,1-4H3. The van der Waals surface area contributed by atoms with Crippen LogP contribution in [-0.4, -0.2) is 39.0 Å². The van der Waals surface area contributed by atoms with Gasteiger partial charge in [-0.3, -0.25) is 0 Å². The number of hydrogen-bond acceptors (Lipinski definition) is 3. The predicted molar refractivity (Wildman–Crippen MR) is 66.7 cm³/mol. The number of ether oxygens (including phenoxy) is 2. The second-order valence-corrected chi connectivity index (χ2v) is 5.14. The van der Waals surface area contributed by atoms with Crippen molar-refractivity contribution in [1.82, 2.24) is 5.32 Å². The minimum atomic E-state index is 0.381. The molecule has 96 valence electrons. The highest BCUT2D eigenvalue weighted by Crippen LogP contribution is 2.22. The highest BCUT2D eigenvalue weighted by molar-refractivity contribution is 4.85. The van der Waals surface area contributed by atoms with E-state index in [1.54, 1.807) is 7.11 Å². The normalized spacial score (nSPS) is 28.3. The van der Waals surface area contributed by atoms with Gasteiger partial charge in [-0.25, -0.2) is 0 Å². The van der Waals surface area contributed by atoms with Crippen molar-refractivity contribution in [1.29, 1.82) is 0 Å². The van der Waals surface area contributed by atoms with E-state index in [4.69, 9.17) is 9.47 Å². The number of nitrogens with one attached hydrogen (secondary N) is 1. The summed E-state index contributed by atoms with van der Waals surface area (Å²) < 4.78 is 10.8. The van der Waals surface area contributed by atoms with Crippen molar-refractivity contribution in [3.05, 3.63) is 0 Å². The lowest BCUT2D eigenvalue weighted by Gasteiger charge is -2.35. The molecule has 1 aliphatic rings. The van der Waals surface area contributed by atoms with Crippen molar-refractivity contribution in [2.45, 2.75) is 57.7 Å². The molecule has 0 aromatic rings. The van der Waals surface area contributed by atoms with Crippen LogP contribution >= 0.6 is 0 Å². The summed E-state index contributed by atoms with van der Waals surface area (Å²) in [5.74, 6) is 0.597. The Balaban J connectivity index is 2.47. The lowest BCUT2D eigenvalue weighted by atomic mass is 9.91. The van der Waals surface area contributed by atoms with Crippen LogP contribution in [0.2, 0.25) is 0 Å². The number of methoxy groups -OCH3 is 2. The SMILES string of the molecule is COCC(NC1CCCCC1OC)C(C)C. The van der Waals surface area contributed by atoms with E-state index in [1.165, 1.54) is 25.7 Å². The summed E-state index contributed by atoms with van der Waals surface area (Å²) in [6.07, 6.45) is 5.41. The first-order valence-electron chi connectivity index (χ1n) is 6.46. The highest BCUT2D eigenvalue weighted by atomic mass is 16.5. The lowest BCUT2D eigenvalue weighted by Crippen LogP contribution is -2.51. The molecule has 0 heterocycles. The molecule has 3 heteroatoms. The van der Waals surface area contributed by atoms with E-state index in [0.29, 0.717) is 24.1 Å². The molecule has 1 fully saturated rings. The summed E-state index contributed by atoms with van der Waals surface area (Å²) in [6, 6.07) is 0.937. The van der Waals surface area contributed by atoms with Crippen LogP contribution in [0.1, 0.15) is 39.5 Å². The molecule has 16 heavy (non-hydrogen) atoms. The summed E-state index contributed by atoms with van der Waals surface area (Å²) >= 11 is 0. The maximum Gasteiger partial charge on any atom is 0.0724 e. The Bertz CT molecular complexity index is 185. The molecule has 1 rings (SSSR count). The van der Waals surface area contributed by atoms with E-state index in [-0.39, 0.29) is 0 Å². The highest BCUT2D eigenvalue weighted by Gasteiger charge is 2.27. The molecule has 3 atom stereocenters. The van der Waals surface area contributed by atoms with Crippen LogP contribution < -0.4 is 5.32 Å². The van der Waals surface area contributed by atoms with E-state index >= 15 is 0 Å². The third kappa shape index (κ3) is 4.04. The smallest absolute Gasteiger partial charge is 0.0724 e. The molecular weight excluding hydrogens is 202 g/mol. The number of hydrogen-bond donors (Lipinski definition) is 1. The summed E-state index contributed by atoms with van der Waals surface area (Å²) in [6.45, 7) is 5.26. The largest absolute Gasteiger partial charge is 0.383 e. The average Bonchev–Trinajstić information content (AvgIpc) is 2.29. The fourth-order valence-electron chi connectivity index (χ4n) is 2.46. The molecule has 0 aromatic heterocycles. The van der Waals surface area contributed by atoms with Crippen molar-refractivity contribution in [3.63, 3.8) is 0 Å². The maximum atomic E-state index is 5.56. The second kappa shape index (κ2) is 7.25. The van der Waals surface area contributed by atoms with Gasteiger partial charge in [0.15, 0.2) is 0 Å². The second-order valence-electron chi connectivity index (χ2n) is 5.14. The van der Waals surface area contributed by atoms with Crippen LogP contribution in [0.15, 0.2) is 0 Å². The van der Waals surface area contributed by atoms with Gasteiger partial charge in [0.25, 0.3) is 0 Å². The zero-order chi connectivity index (χ0) is 12.0. The van der Waals surface area contributed by atoms with Crippen molar-refractivity contribution in [2.75, 3.05) is 20.8 Å². The molecule has 1 aliphatic carbocycles. The van der Waals surface area contributed by atoms with Crippen LogP contribution in [0, 0.1) is 5.92 Å². The van der Waals surface area contributed by atoms with Gasteiger partial charge in [0.05, 0.1) is 12.7 Å². The van der Waals surface area contributed by atoms with Crippen LogP contribution in [0.25, 0.3) is 0 Å². The van der Waals surface area contributed by atoms with E-state index in [0.717, 1.165) is 6.61 Å².